The number of hydrazine groups is 2. The van der Waals surface area contributed by atoms with E-state index in [1.807, 2.05) is 32.2 Å². The fourth-order valence-electron chi connectivity index (χ4n) is 6.80. The first-order valence-electron chi connectivity index (χ1n) is 17.5. The van der Waals surface area contributed by atoms with Crippen molar-refractivity contribution >= 4 is 18.0 Å². The van der Waals surface area contributed by atoms with E-state index in [1.165, 1.54) is 0 Å². The lowest BCUT2D eigenvalue weighted by Gasteiger charge is -2.42. The summed E-state index contributed by atoms with van der Waals surface area (Å²) in [6.45, 7) is 11.3. The van der Waals surface area contributed by atoms with Crippen molar-refractivity contribution in [2.75, 3.05) is 38.7 Å². The molecule has 2 aromatic heterocycles. The summed E-state index contributed by atoms with van der Waals surface area (Å²) < 4.78 is 25.8. The SMILES string of the molecule is COC(C)CCOc1nn([C@H]2CC[C@H](N3C[C@@H](C)O[C@@H](C)C3)CC2)cc1Nc1ncc(-c2ccc(C#N)c(O[C@@H](C)CN3C=NNN3)c2)cn1. The van der Waals surface area contributed by atoms with E-state index < -0.39 is 0 Å². The highest BCUT2D eigenvalue weighted by Crippen LogP contribution is 2.35. The number of nitrogens with one attached hydrogen (secondary N) is 3. The second-order valence-corrected chi connectivity index (χ2v) is 13.5. The first kappa shape index (κ1) is 35.3. The lowest BCUT2D eigenvalue weighted by atomic mass is 9.89. The summed E-state index contributed by atoms with van der Waals surface area (Å²) in [5, 5.41) is 23.6. The van der Waals surface area contributed by atoms with E-state index in [0.717, 1.165) is 62.0 Å². The molecule has 15 heteroatoms. The number of morpholine rings is 1. The first-order chi connectivity index (χ1) is 24.3. The smallest absolute Gasteiger partial charge is 0.256 e. The van der Waals surface area contributed by atoms with Crippen molar-refractivity contribution in [3.05, 3.63) is 42.4 Å². The third kappa shape index (κ3) is 8.99. The van der Waals surface area contributed by atoms with Crippen LogP contribution in [-0.4, -0.2) is 99.8 Å². The largest absolute Gasteiger partial charge is 0.487 e. The van der Waals surface area contributed by atoms with Crippen LogP contribution in [0, 0.1) is 11.3 Å². The highest BCUT2D eigenvalue weighted by atomic mass is 16.5. The highest BCUT2D eigenvalue weighted by molar-refractivity contribution is 5.67. The van der Waals surface area contributed by atoms with Crippen molar-refractivity contribution in [2.24, 2.45) is 5.10 Å². The molecule has 1 aliphatic carbocycles. The number of hydrazone groups is 1. The number of ether oxygens (including phenoxy) is 4. The van der Waals surface area contributed by atoms with E-state index in [9.17, 15) is 5.26 Å². The molecule has 15 nitrogen and oxygen atoms in total. The van der Waals surface area contributed by atoms with Crippen molar-refractivity contribution in [1.82, 2.24) is 40.7 Å². The van der Waals surface area contributed by atoms with Crippen LogP contribution in [0.1, 0.15) is 71.4 Å². The number of methoxy groups -OCH3 is 1. The van der Waals surface area contributed by atoms with Gasteiger partial charge in [-0.3, -0.25) is 14.6 Å². The van der Waals surface area contributed by atoms with Crippen LogP contribution < -0.4 is 25.9 Å². The van der Waals surface area contributed by atoms with Gasteiger partial charge in [0.15, 0.2) is 0 Å². The van der Waals surface area contributed by atoms with Crippen molar-refractivity contribution in [2.45, 2.75) is 96.3 Å². The van der Waals surface area contributed by atoms with Crippen molar-refractivity contribution in [3.63, 3.8) is 0 Å². The fraction of sp³-hybridized carbons (Fsp3) is 0.571. The topological polar surface area (TPSA) is 159 Å². The van der Waals surface area contributed by atoms with Gasteiger partial charge in [0.05, 0.1) is 49.3 Å². The summed E-state index contributed by atoms with van der Waals surface area (Å²) in [5.41, 5.74) is 8.34. The number of hydrogen-bond acceptors (Lipinski definition) is 14. The van der Waals surface area contributed by atoms with Gasteiger partial charge >= 0.3 is 0 Å². The van der Waals surface area contributed by atoms with Crippen LogP contribution in [0.15, 0.2) is 41.9 Å². The van der Waals surface area contributed by atoms with Crippen LogP contribution in [0.25, 0.3) is 11.1 Å². The van der Waals surface area contributed by atoms with E-state index >= 15 is 0 Å². The summed E-state index contributed by atoms with van der Waals surface area (Å²) in [6.07, 6.45) is 12.6. The van der Waals surface area contributed by atoms with E-state index in [1.54, 1.807) is 36.9 Å². The molecule has 1 saturated carbocycles. The number of nitriles is 1. The maximum Gasteiger partial charge on any atom is 0.256 e. The van der Waals surface area contributed by atoms with Gasteiger partial charge in [0.1, 0.15) is 29.9 Å². The average molecular weight is 688 g/mol. The molecule has 3 N–H and O–H groups in total. The van der Waals surface area contributed by atoms with Gasteiger partial charge in [0.2, 0.25) is 5.95 Å². The molecule has 1 aromatic carbocycles. The molecule has 0 amide bonds. The Hall–Kier alpha value is -4.49. The van der Waals surface area contributed by atoms with E-state index in [-0.39, 0.29) is 30.5 Å². The van der Waals surface area contributed by atoms with Gasteiger partial charge in [-0.1, -0.05) is 6.07 Å². The standard InChI is InChI=1S/C35H49N11O4/c1-23(47-5)12-13-48-34-32(21-46(41-34)31-10-8-30(9-11-31)44-18-24(2)49-25(3)19-44)40-35-37-16-29(17-38-35)27-6-7-28(15-36)33(14-27)50-26(4)20-45-22-39-42-43-45/h6-7,14,16-17,21-26,30-31,42-43H,8-13,18-20H2,1-5H3,(H,37,38,40)/t23?,24-,25+,26-,30-,31-/m0/s1. The molecular weight excluding hydrogens is 638 g/mol. The second-order valence-electron chi connectivity index (χ2n) is 13.5. The molecule has 0 radical (unpaired) electrons. The molecule has 4 atom stereocenters. The molecular formula is C35H49N11O4. The van der Waals surface area contributed by atoms with Gasteiger partial charge in [-0.15, -0.1) is 10.6 Å². The minimum Gasteiger partial charge on any atom is -0.487 e. The number of anilines is 2. The minimum absolute atomic E-state index is 0.0791. The van der Waals surface area contributed by atoms with Crippen LogP contribution in [-0.2, 0) is 9.47 Å². The maximum absolute atomic E-state index is 9.69. The Kier molecular flexibility index (Phi) is 11.6. The number of aromatic nitrogens is 4. The van der Waals surface area contributed by atoms with Gasteiger partial charge in [-0.05, 0) is 71.1 Å². The minimum atomic E-state index is -0.221. The maximum atomic E-state index is 9.69. The highest BCUT2D eigenvalue weighted by Gasteiger charge is 2.32. The Labute approximate surface area is 293 Å². The lowest BCUT2D eigenvalue weighted by Crippen LogP contribution is -2.51. The van der Waals surface area contributed by atoms with Gasteiger partial charge in [-0.2, -0.15) is 10.4 Å². The Morgan fingerprint density at radius 1 is 1.04 bits per heavy atom. The van der Waals surface area contributed by atoms with Crippen molar-refractivity contribution < 1.29 is 18.9 Å². The van der Waals surface area contributed by atoms with Crippen molar-refractivity contribution in [1.29, 1.82) is 5.26 Å². The molecule has 0 bridgehead atoms. The van der Waals surface area contributed by atoms with Crippen LogP contribution in [0.2, 0.25) is 0 Å². The zero-order valence-electron chi connectivity index (χ0n) is 29.6. The summed E-state index contributed by atoms with van der Waals surface area (Å²) in [4.78, 5) is 11.9. The van der Waals surface area contributed by atoms with Gasteiger partial charge in [0, 0.05) is 50.6 Å². The molecule has 2 fully saturated rings. The number of rotatable bonds is 14. The average Bonchev–Trinajstić information content (AvgIpc) is 3.78. The first-order valence-corrected chi connectivity index (χ1v) is 17.5. The van der Waals surface area contributed by atoms with E-state index in [4.69, 9.17) is 24.0 Å². The Balaban J connectivity index is 1.13. The molecule has 1 saturated heterocycles. The molecule has 2 aliphatic heterocycles. The Morgan fingerprint density at radius 2 is 1.78 bits per heavy atom. The van der Waals surface area contributed by atoms with Gasteiger partial charge in [-0.25, -0.2) is 15.5 Å². The molecule has 268 valence electrons. The third-order valence-corrected chi connectivity index (χ3v) is 9.44. The molecule has 3 aliphatic rings. The van der Waals surface area contributed by atoms with Crippen LogP contribution in [0.5, 0.6) is 11.6 Å². The van der Waals surface area contributed by atoms with Crippen LogP contribution in [0.4, 0.5) is 11.6 Å². The molecule has 50 heavy (non-hydrogen) atoms. The van der Waals surface area contributed by atoms with E-state index in [2.05, 4.69) is 61.0 Å². The summed E-state index contributed by atoms with van der Waals surface area (Å²) in [6, 6.07) is 8.54. The van der Waals surface area contributed by atoms with Crippen LogP contribution >= 0.6 is 0 Å². The lowest BCUT2D eigenvalue weighted by molar-refractivity contribution is -0.0852. The normalized spacial score (nSPS) is 23.6. The van der Waals surface area contributed by atoms with E-state index in [0.29, 0.717) is 42.3 Å². The second kappa shape index (κ2) is 16.5. The molecule has 3 aromatic rings. The molecule has 1 unspecified atom stereocenters. The predicted octanol–water partition coefficient (Wildman–Crippen LogP) is 4.39. The monoisotopic (exact) mass is 687 g/mol. The van der Waals surface area contributed by atoms with Crippen molar-refractivity contribution in [3.8, 4) is 28.8 Å². The summed E-state index contributed by atoms with van der Waals surface area (Å²) in [5.74, 6) is 1.44. The quantitative estimate of drug-likeness (QED) is 0.219. The van der Waals surface area contributed by atoms with Gasteiger partial charge in [0.25, 0.3) is 5.88 Å². The van der Waals surface area contributed by atoms with Crippen LogP contribution in [0.3, 0.4) is 0 Å². The predicted molar refractivity (Wildman–Crippen MR) is 189 cm³/mol. The zero-order valence-corrected chi connectivity index (χ0v) is 29.6. The zero-order chi connectivity index (χ0) is 35.0. The number of nitrogens with zero attached hydrogens (tertiary/aromatic N) is 8. The summed E-state index contributed by atoms with van der Waals surface area (Å²) >= 11 is 0. The third-order valence-electron chi connectivity index (χ3n) is 9.44. The molecule has 4 heterocycles. The molecule has 0 spiro atoms. The summed E-state index contributed by atoms with van der Waals surface area (Å²) in [7, 11) is 1.70. The Bertz CT molecular complexity index is 1610. The fourth-order valence-corrected chi connectivity index (χ4v) is 6.80. The number of hydrogen-bond donors (Lipinski definition) is 3. The van der Waals surface area contributed by atoms with Gasteiger partial charge < -0.3 is 24.3 Å². The molecule has 6 rings (SSSR count). The number of benzene rings is 1. The Morgan fingerprint density at radius 3 is 2.46 bits per heavy atom.